The molecule has 0 aromatic heterocycles. The molecule has 0 bridgehead atoms. The van der Waals surface area contributed by atoms with Crippen LogP contribution in [0.25, 0.3) is 0 Å². The Morgan fingerprint density at radius 3 is 2.12 bits per heavy atom. The topological polar surface area (TPSA) is 29.3 Å². The van der Waals surface area contributed by atoms with Crippen LogP contribution in [0.15, 0.2) is 0 Å². The van der Waals surface area contributed by atoms with E-state index in [1.165, 1.54) is 0 Å². The maximum atomic E-state index is 5.11. The minimum atomic E-state index is 0. The van der Waals surface area contributed by atoms with Crippen molar-refractivity contribution < 1.29 is 31.0 Å². The molecule has 2 N–H and O–H groups in total. The maximum Gasteiger partial charge on any atom is 1.00 e. The molecule has 0 fully saturated rings. The summed E-state index contributed by atoms with van der Waals surface area (Å²) in [5.41, 5.74) is 0. The first-order valence-corrected chi connectivity index (χ1v) is 3.05. The van der Waals surface area contributed by atoms with E-state index in [2.05, 4.69) is 0 Å². The van der Waals surface area contributed by atoms with Crippen LogP contribution in [0.2, 0.25) is 0 Å². The predicted molar refractivity (Wildman–Crippen MR) is 39.2 cm³/mol. The van der Waals surface area contributed by atoms with Gasteiger partial charge in [-0.3, -0.25) is 5.14 Å². The summed E-state index contributed by atoms with van der Waals surface area (Å²) in [5.74, 6) is 0. The van der Waals surface area contributed by atoms with Crippen molar-refractivity contribution in [3.63, 3.8) is 0 Å². The maximum absolute atomic E-state index is 5.11. The van der Waals surface area contributed by atoms with E-state index in [4.69, 9.17) is 17.4 Å². The molecule has 0 amide bonds. The Hall–Kier alpha value is 1.20. The molecule has 8 heavy (non-hydrogen) atoms. The smallest absolute Gasteiger partial charge is 1.00 e. The summed E-state index contributed by atoms with van der Waals surface area (Å²) in [4.78, 5) is 1.79. The van der Waals surface area contributed by atoms with E-state index in [0.717, 1.165) is 11.9 Å². The Morgan fingerprint density at radius 2 is 2.12 bits per heavy atom. The van der Waals surface area contributed by atoms with E-state index in [1.807, 2.05) is 14.1 Å². The van der Waals surface area contributed by atoms with E-state index >= 15 is 0 Å². The molecule has 0 heterocycles. The van der Waals surface area contributed by atoms with Gasteiger partial charge < -0.3 is 6.33 Å². The Balaban J connectivity index is -0.000000180. The second-order valence-corrected chi connectivity index (χ2v) is 2.55. The van der Waals surface area contributed by atoms with Gasteiger partial charge in [-0.1, -0.05) is 12.2 Å². The molecule has 0 aliphatic rings. The first-order valence-electron chi connectivity index (χ1n) is 1.76. The number of hydrogen-bond acceptors (Lipinski definition) is 3. The third kappa shape index (κ3) is 5.34. The van der Waals surface area contributed by atoms with Crippen molar-refractivity contribution >= 4 is 28.5 Å². The summed E-state index contributed by atoms with van der Waals surface area (Å²) in [5, 5.41) is 5.11. The Bertz CT molecular complexity index is 80.2. The van der Waals surface area contributed by atoms with Crippen LogP contribution in [0.4, 0.5) is 0 Å². The monoisotopic (exact) mass is 160 g/mol. The normalized spacial score (nSPS) is 7.38. The number of hydrogen-bond donors (Lipinski definition) is 1. The van der Waals surface area contributed by atoms with Crippen molar-refractivity contribution in [1.29, 1.82) is 0 Å². The zero-order chi connectivity index (χ0) is 5.86. The first kappa shape index (κ1) is 11.9. The van der Waals surface area contributed by atoms with Crippen molar-refractivity contribution in [3.05, 3.63) is 0 Å². The Morgan fingerprint density at radius 1 is 1.75 bits per heavy atom. The van der Waals surface area contributed by atoms with Crippen LogP contribution < -0.4 is 34.7 Å². The molecule has 0 saturated carbocycles. The summed E-state index contributed by atoms with van der Waals surface area (Å²) in [6.07, 6.45) is 0. The molecule has 0 saturated heterocycles. The van der Waals surface area contributed by atoms with Crippen LogP contribution in [0, 0.1) is 0 Å². The molecule has 0 atom stereocenters. The summed E-state index contributed by atoms with van der Waals surface area (Å²) < 4.78 is 0.708. The molecule has 44 valence electrons. The van der Waals surface area contributed by atoms with Gasteiger partial charge in [0, 0.05) is 14.1 Å². The van der Waals surface area contributed by atoms with Crippen LogP contribution in [0.3, 0.4) is 0 Å². The minimum Gasteiger partial charge on any atom is -1.00 e. The molecule has 0 aromatic carbocycles. The van der Waals surface area contributed by atoms with Crippen molar-refractivity contribution in [2.24, 2.45) is 5.14 Å². The molecule has 0 spiro atoms. The van der Waals surface area contributed by atoms with Gasteiger partial charge in [0.25, 0.3) is 0 Å². The fourth-order valence-electron chi connectivity index (χ4n) is 0.105. The third-order valence-electron chi connectivity index (χ3n) is 0.466. The molecule has 0 unspecified atom stereocenters. The molecular weight excluding hydrogens is 151 g/mol. The van der Waals surface area contributed by atoms with E-state index in [0.29, 0.717) is 4.32 Å². The minimum absolute atomic E-state index is 0. The molecule has 0 aliphatic carbocycles. The van der Waals surface area contributed by atoms with Crippen LogP contribution in [0.5, 0.6) is 0 Å². The van der Waals surface area contributed by atoms with E-state index < -0.39 is 0 Å². The fraction of sp³-hybridized carbons (Fsp3) is 0.667. The second kappa shape index (κ2) is 6.32. The zero-order valence-electron chi connectivity index (χ0n) is 6.34. The fourth-order valence-corrected chi connectivity index (χ4v) is 0.316. The zero-order valence-corrected chi connectivity index (χ0v) is 8.97. The third-order valence-corrected chi connectivity index (χ3v) is 1.69. The van der Waals surface area contributed by atoms with Gasteiger partial charge in [-0.25, -0.2) is 0 Å². The average Bonchev–Trinajstić information content (AvgIpc) is 1.65. The second-order valence-electron chi connectivity index (χ2n) is 1.28. The SMILES string of the molecule is CN(C)C(=S)SN.[H-].[Na+]. The Kier molecular flexibility index (Phi) is 9.43. The van der Waals surface area contributed by atoms with Gasteiger partial charge in [0.05, 0.1) is 0 Å². The number of thiocarbonyl (C=S) groups is 1. The van der Waals surface area contributed by atoms with Crippen LogP contribution in [-0.2, 0) is 0 Å². The van der Waals surface area contributed by atoms with E-state index in [1.54, 1.807) is 4.90 Å². The average molecular weight is 160 g/mol. The molecule has 2 nitrogen and oxygen atoms in total. The molecule has 5 heteroatoms. The van der Waals surface area contributed by atoms with Crippen molar-refractivity contribution in [2.45, 2.75) is 0 Å². The standard InChI is InChI=1S/C3H8N2S2.Na.H/c1-5(2)3(6)7-4;;/h4H2,1-2H3;;/q;+1;-1. The summed E-state index contributed by atoms with van der Waals surface area (Å²) in [6.45, 7) is 0. The van der Waals surface area contributed by atoms with Crippen LogP contribution in [-0.4, -0.2) is 23.3 Å². The molecule has 0 aliphatic heterocycles. The summed E-state index contributed by atoms with van der Waals surface area (Å²) in [6, 6.07) is 0. The summed E-state index contributed by atoms with van der Waals surface area (Å²) in [7, 11) is 3.73. The Labute approximate surface area is 83.1 Å². The van der Waals surface area contributed by atoms with Crippen LogP contribution in [0.1, 0.15) is 1.43 Å². The van der Waals surface area contributed by atoms with Gasteiger partial charge in [0.1, 0.15) is 0 Å². The molecule has 0 rings (SSSR count). The van der Waals surface area contributed by atoms with Crippen LogP contribution >= 0.6 is 24.2 Å². The van der Waals surface area contributed by atoms with Crippen molar-refractivity contribution in [1.82, 2.24) is 4.90 Å². The van der Waals surface area contributed by atoms with Crippen molar-refractivity contribution in [3.8, 4) is 0 Å². The van der Waals surface area contributed by atoms with Gasteiger partial charge in [-0.2, -0.15) is 0 Å². The number of nitrogens with two attached hydrogens (primary N) is 1. The van der Waals surface area contributed by atoms with Gasteiger partial charge in [0.15, 0.2) is 4.32 Å². The van der Waals surface area contributed by atoms with Gasteiger partial charge >= 0.3 is 29.6 Å². The quantitative estimate of drug-likeness (QED) is 0.242. The van der Waals surface area contributed by atoms with Gasteiger partial charge in [-0.05, 0) is 11.9 Å². The first-order chi connectivity index (χ1) is 3.18. The summed E-state index contributed by atoms with van der Waals surface area (Å²) >= 11 is 5.83. The number of rotatable bonds is 0. The van der Waals surface area contributed by atoms with E-state index in [9.17, 15) is 0 Å². The molecule has 0 radical (unpaired) electrons. The number of nitrogens with zero attached hydrogens (tertiary/aromatic N) is 1. The molecule has 0 aromatic rings. The predicted octanol–water partition coefficient (Wildman–Crippen LogP) is -2.44. The van der Waals surface area contributed by atoms with Crippen molar-refractivity contribution in [2.75, 3.05) is 14.1 Å². The largest absolute Gasteiger partial charge is 1.00 e. The molecular formula is C3H9N2NaS2. The van der Waals surface area contributed by atoms with Gasteiger partial charge in [-0.15, -0.1) is 0 Å². The van der Waals surface area contributed by atoms with E-state index in [-0.39, 0.29) is 31.0 Å². The van der Waals surface area contributed by atoms with Gasteiger partial charge in [0.2, 0.25) is 0 Å².